The first-order chi connectivity index (χ1) is 5.81. The molecule has 62 valence electrons. The van der Waals surface area contributed by atoms with E-state index >= 15 is 0 Å². The largest absolute Gasteiger partial charge is 0.395 e. The topological polar surface area (TPSA) is 120 Å². The number of hydrogen-bond donors (Lipinski definition) is 3. The van der Waals surface area contributed by atoms with Gasteiger partial charge in [0, 0.05) is 6.07 Å². The molecule has 2 rings (SSSR count). The van der Waals surface area contributed by atoms with E-state index < -0.39 is 0 Å². The molecule has 12 heavy (non-hydrogen) atoms. The molecule has 0 bridgehead atoms. The van der Waals surface area contributed by atoms with Gasteiger partial charge in [0.15, 0.2) is 5.82 Å². The molecule has 2 heterocycles. The molecule has 0 radical (unpaired) electrons. The number of aromatic nitrogens is 5. The standard InChI is InChI=1S/C4H6N8/c5-2-1-3(7-6)9-12-4(2)8-10-11-12/h1H,5-6H2,(H,7,9). The van der Waals surface area contributed by atoms with Gasteiger partial charge in [-0.2, -0.15) is 0 Å². The van der Waals surface area contributed by atoms with E-state index in [1.807, 2.05) is 0 Å². The van der Waals surface area contributed by atoms with E-state index in [1.54, 1.807) is 6.07 Å². The van der Waals surface area contributed by atoms with Gasteiger partial charge in [0.25, 0.3) is 0 Å². The average Bonchev–Trinajstić information content (AvgIpc) is 2.52. The number of hydrazine groups is 1. The van der Waals surface area contributed by atoms with Crippen LogP contribution in [0.15, 0.2) is 6.07 Å². The number of rotatable bonds is 1. The zero-order chi connectivity index (χ0) is 8.55. The van der Waals surface area contributed by atoms with Crippen LogP contribution in [0, 0.1) is 0 Å². The van der Waals surface area contributed by atoms with Crippen LogP contribution in [0.5, 0.6) is 0 Å². The second kappa shape index (κ2) is 2.27. The van der Waals surface area contributed by atoms with Crippen molar-refractivity contribution in [2.45, 2.75) is 0 Å². The molecular weight excluding hydrogens is 160 g/mol. The average molecular weight is 166 g/mol. The first-order valence-corrected chi connectivity index (χ1v) is 3.13. The Hall–Kier alpha value is -1.96. The smallest absolute Gasteiger partial charge is 0.222 e. The van der Waals surface area contributed by atoms with Gasteiger partial charge < -0.3 is 11.2 Å². The third-order valence-corrected chi connectivity index (χ3v) is 1.35. The number of nitrogens with two attached hydrogens (primary N) is 2. The predicted octanol–water partition coefficient (Wildman–Crippen LogP) is -1.61. The van der Waals surface area contributed by atoms with Gasteiger partial charge in [0.05, 0.1) is 5.69 Å². The summed E-state index contributed by atoms with van der Waals surface area (Å²) in [5.41, 5.74) is 8.75. The van der Waals surface area contributed by atoms with Crippen molar-refractivity contribution in [2.24, 2.45) is 5.84 Å². The number of nitrogens with one attached hydrogen (secondary N) is 1. The zero-order valence-corrected chi connectivity index (χ0v) is 5.97. The Bertz CT molecular complexity index is 404. The highest BCUT2D eigenvalue weighted by Gasteiger charge is 2.04. The van der Waals surface area contributed by atoms with Crippen molar-refractivity contribution in [3.63, 3.8) is 0 Å². The minimum atomic E-state index is 0.410. The lowest BCUT2D eigenvalue weighted by atomic mass is 10.4. The van der Waals surface area contributed by atoms with Gasteiger partial charge in [0.2, 0.25) is 5.65 Å². The molecule has 0 aliphatic carbocycles. The lowest BCUT2D eigenvalue weighted by Crippen LogP contribution is -2.11. The van der Waals surface area contributed by atoms with Crippen LogP contribution in [0.2, 0.25) is 0 Å². The van der Waals surface area contributed by atoms with Crippen molar-refractivity contribution in [3.8, 4) is 0 Å². The maximum atomic E-state index is 5.58. The summed E-state index contributed by atoms with van der Waals surface area (Å²) in [6, 6.07) is 1.55. The summed E-state index contributed by atoms with van der Waals surface area (Å²) >= 11 is 0. The third kappa shape index (κ3) is 0.820. The number of tetrazole rings is 1. The van der Waals surface area contributed by atoms with E-state index in [2.05, 4.69) is 26.0 Å². The lowest BCUT2D eigenvalue weighted by Gasteiger charge is -1.99. The second-order valence-corrected chi connectivity index (χ2v) is 2.12. The maximum absolute atomic E-state index is 5.58. The zero-order valence-electron chi connectivity index (χ0n) is 5.97. The van der Waals surface area contributed by atoms with Crippen molar-refractivity contribution in [3.05, 3.63) is 6.07 Å². The quantitative estimate of drug-likeness (QED) is 0.344. The van der Waals surface area contributed by atoms with Gasteiger partial charge in [0.1, 0.15) is 0 Å². The molecule has 8 heteroatoms. The molecule has 0 aliphatic heterocycles. The Labute approximate surface area is 66.5 Å². The van der Waals surface area contributed by atoms with Crippen molar-refractivity contribution in [2.75, 3.05) is 11.2 Å². The molecule has 0 spiro atoms. The van der Waals surface area contributed by atoms with Crippen LogP contribution in [0.3, 0.4) is 0 Å². The van der Waals surface area contributed by atoms with Crippen LogP contribution >= 0.6 is 0 Å². The lowest BCUT2D eigenvalue weighted by molar-refractivity contribution is 0.735. The summed E-state index contributed by atoms with van der Waals surface area (Å²) in [4.78, 5) is 0. The predicted molar refractivity (Wildman–Crippen MR) is 40.8 cm³/mol. The molecule has 0 amide bonds. The van der Waals surface area contributed by atoms with Gasteiger partial charge >= 0.3 is 0 Å². The minimum Gasteiger partial charge on any atom is -0.395 e. The molecular formula is C4H6N8. The van der Waals surface area contributed by atoms with Crippen LogP contribution in [0.25, 0.3) is 5.65 Å². The fraction of sp³-hybridized carbons (Fsp3) is 0. The van der Waals surface area contributed by atoms with Crippen molar-refractivity contribution >= 4 is 17.2 Å². The van der Waals surface area contributed by atoms with Crippen molar-refractivity contribution < 1.29 is 0 Å². The van der Waals surface area contributed by atoms with E-state index in [1.165, 1.54) is 4.63 Å². The summed E-state index contributed by atoms with van der Waals surface area (Å²) in [6.07, 6.45) is 0. The number of anilines is 2. The van der Waals surface area contributed by atoms with Crippen LogP contribution < -0.4 is 17.0 Å². The Morgan fingerprint density at radius 2 is 2.33 bits per heavy atom. The highest BCUT2D eigenvalue weighted by Crippen LogP contribution is 2.11. The van der Waals surface area contributed by atoms with Crippen LogP contribution in [0.1, 0.15) is 0 Å². The molecule has 0 unspecified atom stereocenters. The van der Waals surface area contributed by atoms with Gasteiger partial charge in [-0.3, -0.25) is 0 Å². The summed E-state index contributed by atoms with van der Waals surface area (Å²) in [5.74, 6) is 5.54. The summed E-state index contributed by atoms with van der Waals surface area (Å²) in [7, 11) is 0. The number of nitrogen functional groups attached to an aromatic ring is 2. The SMILES string of the molecule is NNc1cc(N)c2nnnn2n1. The molecule has 2 aromatic heterocycles. The first kappa shape index (κ1) is 6.73. The highest BCUT2D eigenvalue weighted by molar-refractivity contribution is 5.65. The van der Waals surface area contributed by atoms with E-state index in [0.717, 1.165) is 0 Å². The maximum Gasteiger partial charge on any atom is 0.222 e. The fourth-order valence-electron chi connectivity index (χ4n) is 0.836. The van der Waals surface area contributed by atoms with E-state index in [4.69, 9.17) is 11.6 Å². The van der Waals surface area contributed by atoms with Crippen LogP contribution in [-0.2, 0) is 0 Å². The van der Waals surface area contributed by atoms with E-state index in [-0.39, 0.29) is 0 Å². The summed E-state index contributed by atoms with van der Waals surface area (Å²) in [5, 5.41) is 14.5. The Kier molecular flexibility index (Phi) is 1.27. The Morgan fingerprint density at radius 1 is 1.50 bits per heavy atom. The van der Waals surface area contributed by atoms with Crippen LogP contribution in [0.4, 0.5) is 11.5 Å². The monoisotopic (exact) mass is 166 g/mol. The summed E-state index contributed by atoms with van der Waals surface area (Å²) < 4.78 is 1.20. The summed E-state index contributed by atoms with van der Waals surface area (Å²) in [6.45, 7) is 0. The minimum absolute atomic E-state index is 0.410. The molecule has 0 saturated carbocycles. The van der Waals surface area contributed by atoms with Crippen LogP contribution in [-0.4, -0.2) is 25.3 Å². The number of nitrogens with zero attached hydrogens (tertiary/aromatic N) is 5. The van der Waals surface area contributed by atoms with E-state index in [0.29, 0.717) is 17.2 Å². The molecule has 0 fully saturated rings. The first-order valence-electron chi connectivity index (χ1n) is 3.13. The van der Waals surface area contributed by atoms with Gasteiger partial charge in [-0.25, -0.2) is 5.84 Å². The molecule has 5 N–H and O–H groups in total. The molecule has 8 nitrogen and oxygen atoms in total. The Balaban J connectivity index is 2.75. The van der Waals surface area contributed by atoms with Crippen molar-refractivity contribution in [1.29, 1.82) is 0 Å². The highest BCUT2D eigenvalue weighted by atomic mass is 15.6. The fourth-order valence-corrected chi connectivity index (χ4v) is 0.836. The van der Waals surface area contributed by atoms with Gasteiger partial charge in [-0.1, -0.05) is 0 Å². The molecule has 2 aromatic rings. The Morgan fingerprint density at radius 3 is 3.08 bits per heavy atom. The molecule has 0 saturated heterocycles. The number of fused-ring (bicyclic) bond motifs is 1. The van der Waals surface area contributed by atoms with E-state index in [9.17, 15) is 0 Å². The number of hydrogen-bond acceptors (Lipinski definition) is 7. The van der Waals surface area contributed by atoms with Crippen molar-refractivity contribution in [1.82, 2.24) is 25.3 Å². The third-order valence-electron chi connectivity index (χ3n) is 1.35. The second-order valence-electron chi connectivity index (χ2n) is 2.12. The molecule has 0 atom stereocenters. The van der Waals surface area contributed by atoms with Gasteiger partial charge in [-0.05, 0) is 10.4 Å². The molecule has 0 aliphatic rings. The molecule has 0 aromatic carbocycles. The normalized spacial score (nSPS) is 10.4. The van der Waals surface area contributed by atoms with Gasteiger partial charge in [-0.15, -0.1) is 14.8 Å².